The summed E-state index contributed by atoms with van der Waals surface area (Å²) >= 11 is 0. The molecule has 2 N–H and O–H groups in total. The van der Waals surface area contributed by atoms with E-state index < -0.39 is 0 Å². The molecule has 1 fully saturated rings. The molecule has 0 bridgehead atoms. The minimum Gasteiger partial charge on any atom is -0.333 e. The third-order valence-electron chi connectivity index (χ3n) is 3.82. The summed E-state index contributed by atoms with van der Waals surface area (Å²) in [7, 11) is 2.20. The van der Waals surface area contributed by atoms with E-state index in [1.165, 1.54) is 25.1 Å². The molecular formula is C13H24N4. The van der Waals surface area contributed by atoms with Crippen molar-refractivity contribution in [3.8, 4) is 0 Å². The van der Waals surface area contributed by atoms with E-state index in [-0.39, 0.29) is 0 Å². The number of hydrogen-bond donors (Lipinski definition) is 1. The number of rotatable bonds is 4. The van der Waals surface area contributed by atoms with E-state index in [2.05, 4.69) is 28.4 Å². The molecule has 2 rings (SSSR count). The summed E-state index contributed by atoms with van der Waals surface area (Å²) in [5.74, 6) is 0.570. The molecule has 0 aliphatic carbocycles. The fourth-order valence-electron chi connectivity index (χ4n) is 2.98. The number of imidazole rings is 1. The summed E-state index contributed by atoms with van der Waals surface area (Å²) in [6.07, 6.45) is 7.62. The lowest BCUT2D eigenvalue weighted by Gasteiger charge is -2.39. The Morgan fingerprint density at radius 3 is 3.06 bits per heavy atom. The SMILES string of the molecule is CCCn1cncc1C1C(CN)CCCN1C. The first-order chi connectivity index (χ1) is 8.27. The third-order valence-corrected chi connectivity index (χ3v) is 3.82. The molecule has 2 unspecified atom stereocenters. The standard InChI is InChI=1S/C13H24N4/c1-3-6-17-10-15-9-12(17)13-11(8-14)5-4-7-16(13)2/h9-11,13H,3-8,14H2,1-2H3. The van der Waals surface area contributed by atoms with Gasteiger partial charge in [0.25, 0.3) is 0 Å². The largest absolute Gasteiger partial charge is 0.333 e. The zero-order valence-electron chi connectivity index (χ0n) is 11.0. The molecule has 96 valence electrons. The average Bonchev–Trinajstić information content (AvgIpc) is 2.77. The number of nitrogens with two attached hydrogens (primary N) is 1. The molecule has 4 heteroatoms. The number of piperidine rings is 1. The van der Waals surface area contributed by atoms with E-state index >= 15 is 0 Å². The van der Waals surface area contributed by atoms with E-state index in [0.29, 0.717) is 12.0 Å². The van der Waals surface area contributed by atoms with Crippen LogP contribution in [0.25, 0.3) is 0 Å². The Morgan fingerprint density at radius 2 is 2.35 bits per heavy atom. The monoisotopic (exact) mass is 236 g/mol. The van der Waals surface area contributed by atoms with Gasteiger partial charge in [0.1, 0.15) is 0 Å². The highest BCUT2D eigenvalue weighted by Crippen LogP contribution is 2.34. The molecule has 0 spiro atoms. The summed E-state index contributed by atoms with van der Waals surface area (Å²) in [5, 5.41) is 0. The molecule has 1 saturated heterocycles. The Morgan fingerprint density at radius 1 is 1.53 bits per heavy atom. The number of aromatic nitrogens is 2. The number of likely N-dealkylation sites (tertiary alicyclic amines) is 1. The summed E-state index contributed by atoms with van der Waals surface area (Å²) in [6, 6.07) is 0.447. The average molecular weight is 236 g/mol. The van der Waals surface area contributed by atoms with Gasteiger partial charge in [0.15, 0.2) is 0 Å². The molecule has 1 aromatic heterocycles. The van der Waals surface area contributed by atoms with Crippen molar-refractivity contribution in [3.63, 3.8) is 0 Å². The Kier molecular flexibility index (Phi) is 4.18. The van der Waals surface area contributed by atoms with Crippen molar-refractivity contribution in [1.82, 2.24) is 14.5 Å². The van der Waals surface area contributed by atoms with E-state index in [9.17, 15) is 0 Å². The van der Waals surface area contributed by atoms with Crippen LogP contribution in [-0.4, -0.2) is 34.6 Å². The van der Waals surface area contributed by atoms with Gasteiger partial charge in [-0.25, -0.2) is 4.98 Å². The molecule has 2 heterocycles. The molecule has 0 amide bonds. The predicted octanol–water partition coefficient (Wildman–Crippen LogP) is 1.63. The Balaban J connectivity index is 2.24. The van der Waals surface area contributed by atoms with Crippen LogP contribution >= 0.6 is 0 Å². The second-order valence-electron chi connectivity index (χ2n) is 5.08. The first-order valence-corrected chi connectivity index (χ1v) is 6.68. The lowest BCUT2D eigenvalue weighted by atomic mass is 9.87. The number of aryl methyl sites for hydroxylation is 1. The minimum atomic E-state index is 0.447. The molecule has 0 aromatic carbocycles. The lowest BCUT2D eigenvalue weighted by Crippen LogP contribution is -2.40. The normalized spacial score (nSPS) is 26.3. The van der Waals surface area contributed by atoms with Gasteiger partial charge in [-0.1, -0.05) is 6.92 Å². The van der Waals surface area contributed by atoms with Gasteiger partial charge in [0.05, 0.1) is 18.1 Å². The van der Waals surface area contributed by atoms with Crippen molar-refractivity contribution < 1.29 is 0 Å². The zero-order valence-corrected chi connectivity index (χ0v) is 11.0. The third kappa shape index (κ3) is 2.53. The molecule has 0 saturated carbocycles. The van der Waals surface area contributed by atoms with Crippen LogP contribution < -0.4 is 5.73 Å². The summed E-state index contributed by atoms with van der Waals surface area (Å²) in [6.45, 7) is 5.19. The van der Waals surface area contributed by atoms with Crippen LogP contribution in [0, 0.1) is 5.92 Å². The lowest BCUT2D eigenvalue weighted by molar-refractivity contribution is 0.118. The van der Waals surface area contributed by atoms with Crippen LogP contribution in [0.1, 0.15) is 37.9 Å². The van der Waals surface area contributed by atoms with Gasteiger partial charge in [-0.05, 0) is 45.3 Å². The summed E-state index contributed by atoms with van der Waals surface area (Å²) in [5.41, 5.74) is 7.27. The first kappa shape index (κ1) is 12.6. The highest BCUT2D eigenvalue weighted by atomic mass is 15.2. The smallest absolute Gasteiger partial charge is 0.0948 e. The van der Waals surface area contributed by atoms with E-state index in [1.807, 2.05) is 12.5 Å². The maximum Gasteiger partial charge on any atom is 0.0948 e. The molecule has 1 aliphatic rings. The molecule has 1 aliphatic heterocycles. The van der Waals surface area contributed by atoms with Gasteiger partial charge in [-0.3, -0.25) is 4.90 Å². The second kappa shape index (κ2) is 5.65. The summed E-state index contributed by atoms with van der Waals surface area (Å²) < 4.78 is 2.29. The van der Waals surface area contributed by atoms with Gasteiger partial charge >= 0.3 is 0 Å². The number of nitrogens with zero attached hydrogens (tertiary/aromatic N) is 3. The van der Waals surface area contributed by atoms with E-state index in [4.69, 9.17) is 5.73 Å². The quantitative estimate of drug-likeness (QED) is 0.864. The molecule has 17 heavy (non-hydrogen) atoms. The van der Waals surface area contributed by atoms with Gasteiger partial charge in [-0.2, -0.15) is 0 Å². The molecule has 0 radical (unpaired) electrons. The molecule has 1 aromatic rings. The van der Waals surface area contributed by atoms with Crippen LogP contribution in [0.4, 0.5) is 0 Å². The van der Waals surface area contributed by atoms with Crippen LogP contribution in [-0.2, 0) is 6.54 Å². The van der Waals surface area contributed by atoms with Crippen LogP contribution in [0.15, 0.2) is 12.5 Å². The van der Waals surface area contributed by atoms with Gasteiger partial charge < -0.3 is 10.3 Å². The van der Waals surface area contributed by atoms with Gasteiger partial charge in [-0.15, -0.1) is 0 Å². The van der Waals surface area contributed by atoms with Crippen LogP contribution in [0.3, 0.4) is 0 Å². The minimum absolute atomic E-state index is 0.447. The Bertz CT molecular complexity index is 347. The van der Waals surface area contributed by atoms with Crippen molar-refractivity contribution in [2.75, 3.05) is 20.1 Å². The maximum absolute atomic E-state index is 5.93. The maximum atomic E-state index is 5.93. The van der Waals surface area contributed by atoms with Gasteiger partial charge in [0, 0.05) is 12.7 Å². The fraction of sp³-hybridized carbons (Fsp3) is 0.769. The van der Waals surface area contributed by atoms with Gasteiger partial charge in [0.2, 0.25) is 0 Å². The fourth-order valence-corrected chi connectivity index (χ4v) is 2.98. The summed E-state index contributed by atoms with van der Waals surface area (Å²) in [4.78, 5) is 6.75. The second-order valence-corrected chi connectivity index (χ2v) is 5.08. The molecule has 4 nitrogen and oxygen atoms in total. The van der Waals surface area contributed by atoms with Crippen molar-refractivity contribution >= 4 is 0 Å². The van der Waals surface area contributed by atoms with Crippen molar-refractivity contribution in [2.24, 2.45) is 11.7 Å². The van der Waals surface area contributed by atoms with Crippen LogP contribution in [0.5, 0.6) is 0 Å². The Hall–Kier alpha value is -0.870. The molecule has 2 atom stereocenters. The highest BCUT2D eigenvalue weighted by molar-refractivity contribution is 5.09. The van der Waals surface area contributed by atoms with Crippen molar-refractivity contribution in [3.05, 3.63) is 18.2 Å². The van der Waals surface area contributed by atoms with Crippen molar-refractivity contribution in [2.45, 2.75) is 38.8 Å². The van der Waals surface area contributed by atoms with Crippen LogP contribution in [0.2, 0.25) is 0 Å². The van der Waals surface area contributed by atoms with E-state index in [0.717, 1.165) is 19.5 Å². The Labute approximate surface area is 104 Å². The van der Waals surface area contributed by atoms with Crippen molar-refractivity contribution in [1.29, 1.82) is 0 Å². The first-order valence-electron chi connectivity index (χ1n) is 6.68. The number of hydrogen-bond acceptors (Lipinski definition) is 3. The zero-order chi connectivity index (χ0) is 12.3. The molecular weight excluding hydrogens is 212 g/mol. The van der Waals surface area contributed by atoms with E-state index in [1.54, 1.807) is 0 Å². The predicted molar refractivity (Wildman–Crippen MR) is 69.7 cm³/mol. The highest BCUT2D eigenvalue weighted by Gasteiger charge is 2.31. The topological polar surface area (TPSA) is 47.1 Å².